The maximum Gasteiger partial charge on any atom is 0.317 e. The maximum atomic E-state index is 12.2. The topological polar surface area (TPSA) is 35.6 Å². The van der Waals surface area contributed by atoms with Gasteiger partial charge in [0.2, 0.25) is 0 Å². The van der Waals surface area contributed by atoms with Gasteiger partial charge in [-0.1, -0.05) is 18.9 Å². The van der Waals surface area contributed by atoms with Gasteiger partial charge >= 0.3 is 6.03 Å². The lowest BCUT2D eigenvalue weighted by molar-refractivity contribution is 0.194. The predicted octanol–water partition coefficient (Wildman–Crippen LogP) is 2.94. The minimum absolute atomic E-state index is 0.0929. The average Bonchev–Trinajstić information content (AvgIpc) is 2.80. The summed E-state index contributed by atoms with van der Waals surface area (Å²) in [6, 6.07) is 4.54. The molecule has 0 bridgehead atoms. The van der Waals surface area contributed by atoms with Crippen LogP contribution < -0.4 is 5.32 Å². The van der Waals surface area contributed by atoms with E-state index in [1.807, 2.05) is 4.90 Å². The van der Waals surface area contributed by atoms with Gasteiger partial charge in [0.05, 0.1) is 6.04 Å². The Morgan fingerprint density at radius 1 is 1.35 bits per heavy atom. The van der Waals surface area contributed by atoms with Gasteiger partial charge in [-0.05, 0) is 38.4 Å². The molecule has 4 nitrogen and oxygen atoms in total. The van der Waals surface area contributed by atoms with Crippen LogP contribution in [0.15, 0.2) is 17.5 Å². The molecule has 5 heteroatoms. The molecule has 2 amide bonds. The number of hydrogen-bond acceptors (Lipinski definition) is 3. The van der Waals surface area contributed by atoms with Crippen LogP contribution in [0, 0.1) is 0 Å². The first-order valence-electron chi connectivity index (χ1n) is 7.41. The van der Waals surface area contributed by atoms with Gasteiger partial charge in [-0.25, -0.2) is 4.79 Å². The first-order chi connectivity index (χ1) is 9.68. The molecule has 112 valence electrons. The molecule has 1 aromatic rings. The quantitative estimate of drug-likeness (QED) is 0.927. The normalized spacial score (nSPS) is 17.9. The van der Waals surface area contributed by atoms with Crippen LogP contribution in [-0.2, 0) is 0 Å². The summed E-state index contributed by atoms with van der Waals surface area (Å²) in [6.45, 7) is 2.47. The maximum absolute atomic E-state index is 12.2. The lowest BCUT2D eigenvalue weighted by Gasteiger charge is -2.26. The van der Waals surface area contributed by atoms with Crippen LogP contribution in [0.5, 0.6) is 0 Å². The number of rotatable bonds is 4. The van der Waals surface area contributed by atoms with Crippen LogP contribution in [0.4, 0.5) is 4.79 Å². The first-order valence-corrected chi connectivity index (χ1v) is 8.29. The lowest BCUT2D eigenvalue weighted by atomic mass is 10.2. The van der Waals surface area contributed by atoms with Gasteiger partial charge in [-0.3, -0.25) is 0 Å². The number of carbonyl (C=O) groups is 1. The van der Waals surface area contributed by atoms with E-state index in [9.17, 15) is 4.79 Å². The molecule has 2 rings (SSSR count). The monoisotopic (exact) mass is 295 g/mol. The smallest absolute Gasteiger partial charge is 0.317 e. The SMILES string of the molecule is CN(C)C(CNC(=O)N1CCCCCC1)c1cccs1. The zero-order chi connectivity index (χ0) is 14.4. The first kappa shape index (κ1) is 15.3. The second-order valence-electron chi connectivity index (χ2n) is 5.58. The van der Waals surface area contributed by atoms with Gasteiger partial charge in [0.25, 0.3) is 0 Å². The van der Waals surface area contributed by atoms with E-state index in [0.29, 0.717) is 6.54 Å². The van der Waals surface area contributed by atoms with E-state index < -0.39 is 0 Å². The highest BCUT2D eigenvalue weighted by molar-refractivity contribution is 7.10. The number of hydrogen-bond donors (Lipinski definition) is 1. The molecule has 0 saturated carbocycles. The van der Waals surface area contributed by atoms with Crippen LogP contribution in [0.25, 0.3) is 0 Å². The Morgan fingerprint density at radius 2 is 2.05 bits per heavy atom. The van der Waals surface area contributed by atoms with Crippen molar-refractivity contribution in [3.8, 4) is 0 Å². The van der Waals surface area contributed by atoms with Crippen molar-refractivity contribution in [2.24, 2.45) is 0 Å². The van der Waals surface area contributed by atoms with Gasteiger partial charge in [0, 0.05) is 24.5 Å². The molecule has 1 aromatic heterocycles. The Labute approximate surface area is 125 Å². The number of urea groups is 1. The van der Waals surface area contributed by atoms with Gasteiger partial charge in [0.1, 0.15) is 0 Å². The summed E-state index contributed by atoms with van der Waals surface area (Å²) in [6.07, 6.45) is 4.77. The number of nitrogens with one attached hydrogen (secondary N) is 1. The molecule has 0 spiro atoms. The second kappa shape index (κ2) is 7.64. The minimum atomic E-state index is 0.0929. The molecule has 2 heterocycles. The van der Waals surface area contributed by atoms with E-state index in [2.05, 4.69) is 41.8 Å². The van der Waals surface area contributed by atoms with E-state index in [1.165, 1.54) is 17.7 Å². The zero-order valence-electron chi connectivity index (χ0n) is 12.5. The lowest BCUT2D eigenvalue weighted by Crippen LogP contribution is -2.43. The fourth-order valence-corrected chi connectivity index (χ4v) is 3.51. The third kappa shape index (κ3) is 4.21. The number of nitrogens with zero attached hydrogens (tertiary/aromatic N) is 2. The van der Waals surface area contributed by atoms with Gasteiger partial charge in [0.15, 0.2) is 0 Å². The summed E-state index contributed by atoms with van der Waals surface area (Å²) < 4.78 is 0. The molecule has 0 aliphatic carbocycles. The summed E-state index contributed by atoms with van der Waals surface area (Å²) in [4.78, 5) is 17.7. The summed E-state index contributed by atoms with van der Waals surface area (Å²) in [5, 5.41) is 5.19. The Morgan fingerprint density at radius 3 is 2.60 bits per heavy atom. The largest absolute Gasteiger partial charge is 0.336 e. The number of thiophene rings is 1. The highest BCUT2D eigenvalue weighted by Crippen LogP contribution is 2.22. The van der Waals surface area contributed by atoms with Crippen molar-refractivity contribution in [1.82, 2.24) is 15.1 Å². The Bertz CT molecular complexity index is 397. The Balaban J connectivity index is 1.87. The van der Waals surface area contributed by atoms with Crippen molar-refractivity contribution in [3.05, 3.63) is 22.4 Å². The number of amides is 2. The van der Waals surface area contributed by atoms with Crippen LogP contribution >= 0.6 is 11.3 Å². The van der Waals surface area contributed by atoms with Gasteiger partial charge in [-0.2, -0.15) is 0 Å². The molecule has 1 unspecified atom stereocenters. The third-order valence-corrected chi connectivity index (χ3v) is 4.81. The van der Waals surface area contributed by atoms with E-state index in [1.54, 1.807) is 11.3 Å². The third-order valence-electron chi connectivity index (χ3n) is 3.83. The predicted molar refractivity (Wildman–Crippen MR) is 84.2 cm³/mol. The van der Waals surface area contributed by atoms with Crippen LogP contribution in [0.1, 0.15) is 36.6 Å². The highest BCUT2D eigenvalue weighted by atomic mass is 32.1. The number of likely N-dealkylation sites (N-methyl/N-ethyl adjacent to an activating group) is 1. The Kier molecular flexibility index (Phi) is 5.86. The molecule has 1 atom stereocenters. The van der Waals surface area contributed by atoms with Crippen molar-refractivity contribution in [2.75, 3.05) is 33.7 Å². The van der Waals surface area contributed by atoms with Crippen molar-refractivity contribution >= 4 is 17.4 Å². The molecule has 1 saturated heterocycles. The molecule has 0 radical (unpaired) electrons. The zero-order valence-corrected chi connectivity index (χ0v) is 13.3. The van der Waals surface area contributed by atoms with Gasteiger partial charge in [-0.15, -0.1) is 11.3 Å². The molecule has 1 N–H and O–H groups in total. The second-order valence-corrected chi connectivity index (χ2v) is 6.56. The van der Waals surface area contributed by atoms with Crippen LogP contribution in [0.3, 0.4) is 0 Å². The summed E-state index contributed by atoms with van der Waals surface area (Å²) in [5.74, 6) is 0. The van der Waals surface area contributed by atoms with E-state index in [4.69, 9.17) is 0 Å². The summed E-state index contributed by atoms with van der Waals surface area (Å²) in [5.41, 5.74) is 0. The van der Waals surface area contributed by atoms with E-state index in [0.717, 1.165) is 25.9 Å². The number of carbonyl (C=O) groups excluding carboxylic acids is 1. The fourth-order valence-electron chi connectivity index (χ4n) is 2.59. The van der Waals surface area contributed by atoms with Crippen molar-refractivity contribution in [1.29, 1.82) is 0 Å². The van der Waals surface area contributed by atoms with Crippen LogP contribution in [0.2, 0.25) is 0 Å². The average molecular weight is 295 g/mol. The molecule has 20 heavy (non-hydrogen) atoms. The summed E-state index contributed by atoms with van der Waals surface area (Å²) in [7, 11) is 4.12. The molecule has 1 aliphatic rings. The Hall–Kier alpha value is -1.07. The number of likely N-dealkylation sites (tertiary alicyclic amines) is 1. The molecular formula is C15H25N3OS. The standard InChI is InChI=1S/C15H25N3OS/c1-17(2)13(14-8-7-11-20-14)12-16-15(19)18-9-5-3-4-6-10-18/h7-8,11,13H,3-6,9-10,12H2,1-2H3,(H,16,19). The minimum Gasteiger partial charge on any atom is -0.336 e. The molecular weight excluding hydrogens is 270 g/mol. The molecule has 0 aromatic carbocycles. The molecule has 1 aliphatic heterocycles. The fraction of sp³-hybridized carbons (Fsp3) is 0.667. The van der Waals surface area contributed by atoms with E-state index in [-0.39, 0.29) is 12.1 Å². The summed E-state index contributed by atoms with van der Waals surface area (Å²) >= 11 is 1.74. The van der Waals surface area contributed by atoms with Gasteiger partial charge < -0.3 is 15.1 Å². The highest BCUT2D eigenvalue weighted by Gasteiger charge is 2.19. The van der Waals surface area contributed by atoms with Crippen molar-refractivity contribution < 1.29 is 4.79 Å². The van der Waals surface area contributed by atoms with Crippen molar-refractivity contribution in [3.63, 3.8) is 0 Å². The van der Waals surface area contributed by atoms with E-state index >= 15 is 0 Å². The molecule has 1 fully saturated rings. The van der Waals surface area contributed by atoms with Crippen LogP contribution in [-0.4, -0.2) is 49.6 Å². The van der Waals surface area contributed by atoms with Crippen molar-refractivity contribution in [2.45, 2.75) is 31.7 Å².